The maximum absolute atomic E-state index is 11.7. The zero-order valence-electron chi connectivity index (χ0n) is 15.5. The average molecular weight is 412 g/mol. The highest BCUT2D eigenvalue weighted by Gasteiger charge is 2.36. The first-order valence-electron chi connectivity index (χ1n) is 9.13. The van der Waals surface area contributed by atoms with Gasteiger partial charge in [-0.05, 0) is 35.1 Å². The second-order valence-electron chi connectivity index (χ2n) is 8.01. The van der Waals surface area contributed by atoms with Crippen LogP contribution in [0.1, 0.15) is 40.1 Å². The molecule has 1 aliphatic rings. The fourth-order valence-electron chi connectivity index (χ4n) is 4.20. The van der Waals surface area contributed by atoms with E-state index in [1.807, 2.05) is 42.5 Å². The maximum Gasteiger partial charge on any atom is 0.309 e. The summed E-state index contributed by atoms with van der Waals surface area (Å²) in [6.45, 7) is 5.31. The number of hydrogen-bond donors (Lipinski definition) is 1. The van der Waals surface area contributed by atoms with Gasteiger partial charge in [0, 0.05) is 34.1 Å². The van der Waals surface area contributed by atoms with Crippen LogP contribution in [0.3, 0.4) is 0 Å². The van der Waals surface area contributed by atoms with Gasteiger partial charge < -0.3 is 9.67 Å². The van der Waals surface area contributed by atoms with Crippen molar-refractivity contribution in [3.8, 4) is 22.3 Å². The van der Waals surface area contributed by atoms with Crippen molar-refractivity contribution >= 4 is 17.6 Å². The quantitative estimate of drug-likeness (QED) is 0.504. The molecule has 0 unspecified atom stereocenters. The molecule has 0 radical (unpaired) electrons. The van der Waals surface area contributed by atoms with Gasteiger partial charge in [-0.25, -0.2) is 0 Å². The predicted molar refractivity (Wildman–Crippen MR) is 123 cm³/mol. The number of aromatic nitrogens is 1. The van der Waals surface area contributed by atoms with Crippen LogP contribution in [0, 0.1) is 5.41 Å². The molecule has 0 saturated heterocycles. The number of nitrogens with zero attached hydrogens (tertiary/aromatic N) is 1. The highest BCUT2D eigenvalue weighted by atomic mass is 35.5. The van der Waals surface area contributed by atoms with E-state index in [1.54, 1.807) is 0 Å². The molecule has 29 heavy (non-hydrogen) atoms. The molecule has 0 spiro atoms. The lowest BCUT2D eigenvalue weighted by Crippen LogP contribution is -2.15. The Labute approximate surface area is 179 Å². The Hall–Kier alpha value is -2.52. The number of carbonyl (C=O) groups is 1. The Morgan fingerprint density at radius 2 is 1.59 bits per heavy atom. The van der Waals surface area contributed by atoms with Gasteiger partial charge in [0.05, 0.1) is 6.42 Å². The van der Waals surface area contributed by atoms with Gasteiger partial charge in [0.25, 0.3) is 0 Å². The molecule has 3 nitrogen and oxygen atoms in total. The van der Waals surface area contributed by atoms with E-state index in [2.05, 4.69) is 30.5 Å². The minimum Gasteiger partial charge on any atom is -0.481 e. The van der Waals surface area contributed by atoms with Gasteiger partial charge in [-0.3, -0.25) is 4.79 Å². The molecule has 0 amide bonds. The largest absolute Gasteiger partial charge is 0.481 e. The molecule has 0 saturated carbocycles. The van der Waals surface area contributed by atoms with E-state index in [0.29, 0.717) is 5.02 Å². The number of aliphatic carboxylic acids is 1. The van der Waals surface area contributed by atoms with Crippen LogP contribution in [0.4, 0.5) is 0 Å². The van der Waals surface area contributed by atoms with Gasteiger partial charge in [-0.15, -0.1) is 0 Å². The number of carboxylic acids is 1. The van der Waals surface area contributed by atoms with E-state index in [0.717, 1.165) is 40.9 Å². The topological polar surface area (TPSA) is 42.2 Å². The van der Waals surface area contributed by atoms with Crippen LogP contribution in [0.5, 0.6) is 0 Å². The van der Waals surface area contributed by atoms with Crippen LogP contribution < -0.4 is 0 Å². The molecule has 1 aromatic heterocycles. The van der Waals surface area contributed by atoms with E-state index in [4.69, 9.17) is 11.6 Å². The van der Waals surface area contributed by atoms with E-state index in [-0.39, 0.29) is 26.7 Å². The molecule has 0 bridgehead atoms. The molecular weight excluding hydrogens is 382 g/mol. The summed E-state index contributed by atoms with van der Waals surface area (Å²) in [6, 6.07) is 18.0. The molecule has 2 aromatic carbocycles. The third kappa shape index (κ3) is 4.25. The summed E-state index contributed by atoms with van der Waals surface area (Å²) in [4.78, 5) is 11.7. The van der Waals surface area contributed by atoms with E-state index in [1.165, 1.54) is 5.69 Å². The second-order valence-corrected chi connectivity index (χ2v) is 8.45. The summed E-state index contributed by atoms with van der Waals surface area (Å²) >= 11 is 6.09. The molecule has 1 aliphatic heterocycles. The summed E-state index contributed by atoms with van der Waals surface area (Å²) in [7, 11) is 0. The SMILES string of the molecule is C.C.CC1(C)Cc2c(-c3ccccc3)c(-c3ccc(Cl)cc3)c(CC(=O)O)n2C1. The molecule has 0 atom stereocenters. The average Bonchev–Trinajstić information content (AvgIpc) is 3.07. The van der Waals surface area contributed by atoms with Crippen molar-refractivity contribution in [1.29, 1.82) is 0 Å². The van der Waals surface area contributed by atoms with Gasteiger partial charge in [0.1, 0.15) is 0 Å². The predicted octanol–water partition coefficient (Wildman–Crippen LogP) is 6.96. The highest BCUT2D eigenvalue weighted by molar-refractivity contribution is 6.30. The highest BCUT2D eigenvalue weighted by Crippen LogP contribution is 2.47. The van der Waals surface area contributed by atoms with Crippen LogP contribution in [0.2, 0.25) is 5.02 Å². The number of benzene rings is 2. The van der Waals surface area contributed by atoms with Gasteiger partial charge >= 0.3 is 5.97 Å². The van der Waals surface area contributed by atoms with E-state index in [9.17, 15) is 9.90 Å². The van der Waals surface area contributed by atoms with Crippen molar-refractivity contribution in [3.05, 3.63) is 71.0 Å². The lowest BCUT2D eigenvalue weighted by atomic mass is 9.86. The van der Waals surface area contributed by atoms with Crippen molar-refractivity contribution in [2.75, 3.05) is 0 Å². The van der Waals surface area contributed by atoms with Crippen LogP contribution in [-0.2, 0) is 24.2 Å². The molecule has 0 aliphatic carbocycles. The van der Waals surface area contributed by atoms with Crippen molar-refractivity contribution < 1.29 is 9.90 Å². The number of rotatable bonds is 4. The van der Waals surface area contributed by atoms with E-state index >= 15 is 0 Å². The van der Waals surface area contributed by atoms with Gasteiger partial charge in [0.15, 0.2) is 0 Å². The zero-order valence-corrected chi connectivity index (χ0v) is 16.3. The van der Waals surface area contributed by atoms with Gasteiger partial charge in [-0.1, -0.05) is 82.8 Å². The first-order valence-corrected chi connectivity index (χ1v) is 9.51. The second kappa shape index (κ2) is 8.46. The van der Waals surface area contributed by atoms with Crippen LogP contribution in [-0.4, -0.2) is 15.6 Å². The lowest BCUT2D eigenvalue weighted by Gasteiger charge is -2.18. The third-order valence-electron chi connectivity index (χ3n) is 5.22. The Morgan fingerprint density at radius 3 is 2.17 bits per heavy atom. The minimum absolute atomic E-state index is 0. The normalized spacial score (nSPS) is 13.9. The number of fused-ring (bicyclic) bond motifs is 1. The van der Waals surface area contributed by atoms with Crippen LogP contribution in [0.25, 0.3) is 22.3 Å². The Kier molecular flexibility index (Phi) is 6.64. The fraction of sp³-hybridized carbons (Fsp3) is 0.320. The third-order valence-corrected chi connectivity index (χ3v) is 5.48. The number of carboxylic acid groups (broad SMARTS) is 1. The smallest absolute Gasteiger partial charge is 0.309 e. The van der Waals surface area contributed by atoms with Crippen LogP contribution >= 0.6 is 11.6 Å². The Balaban J connectivity index is 0.00000150. The minimum atomic E-state index is -0.810. The van der Waals surface area contributed by atoms with Crippen molar-refractivity contribution in [3.63, 3.8) is 0 Å². The molecule has 0 fully saturated rings. The monoisotopic (exact) mass is 411 g/mol. The van der Waals surface area contributed by atoms with Gasteiger partial charge in [-0.2, -0.15) is 0 Å². The first-order chi connectivity index (χ1) is 12.9. The van der Waals surface area contributed by atoms with E-state index < -0.39 is 5.97 Å². The van der Waals surface area contributed by atoms with Crippen molar-refractivity contribution in [2.24, 2.45) is 5.41 Å². The Morgan fingerprint density at radius 1 is 1.00 bits per heavy atom. The fourth-order valence-corrected chi connectivity index (χ4v) is 4.33. The summed E-state index contributed by atoms with van der Waals surface area (Å²) in [5, 5.41) is 10.3. The van der Waals surface area contributed by atoms with Gasteiger partial charge in [0.2, 0.25) is 0 Å². The molecule has 1 N–H and O–H groups in total. The van der Waals surface area contributed by atoms with Crippen molar-refractivity contribution in [1.82, 2.24) is 4.57 Å². The lowest BCUT2D eigenvalue weighted by molar-refractivity contribution is -0.136. The molecule has 154 valence electrons. The molecule has 4 rings (SSSR count). The Bertz CT molecular complexity index is 1000. The molecule has 4 heteroatoms. The summed E-state index contributed by atoms with van der Waals surface area (Å²) in [5.41, 5.74) is 6.53. The molecular formula is C25H30ClNO2. The zero-order chi connectivity index (χ0) is 19.2. The molecule has 2 heterocycles. The standard InChI is InChI=1S/C23H22ClNO2.2CH4/c1-23(2)13-19-22(15-6-4-3-5-7-15)21(16-8-10-17(24)11-9-16)18(12-20(26)27)25(19)14-23;;/h3-11H,12-14H2,1-2H3,(H,26,27);2*1H4. The maximum atomic E-state index is 11.7. The number of halogens is 1. The van der Waals surface area contributed by atoms with Crippen molar-refractivity contribution in [2.45, 2.75) is 48.1 Å². The summed E-state index contributed by atoms with van der Waals surface area (Å²) in [6.07, 6.45) is 0.936. The summed E-state index contributed by atoms with van der Waals surface area (Å²) < 4.78 is 2.24. The first kappa shape index (κ1) is 22.8. The number of hydrogen-bond acceptors (Lipinski definition) is 1. The van der Waals surface area contributed by atoms with Crippen LogP contribution in [0.15, 0.2) is 54.6 Å². The molecule has 3 aromatic rings. The summed E-state index contributed by atoms with van der Waals surface area (Å²) in [5.74, 6) is -0.810.